The van der Waals surface area contributed by atoms with E-state index in [1.165, 1.54) is 0 Å². The van der Waals surface area contributed by atoms with E-state index in [1.807, 2.05) is 6.92 Å². The van der Waals surface area contributed by atoms with Gasteiger partial charge in [-0.1, -0.05) is 13.3 Å². The quantitative estimate of drug-likeness (QED) is 0.561. The van der Waals surface area contributed by atoms with Crippen molar-refractivity contribution in [3.8, 4) is 0 Å². The Bertz CT molecular complexity index is 87.0. The Balaban J connectivity index is 0. The zero-order chi connectivity index (χ0) is 6.57. The van der Waals surface area contributed by atoms with Gasteiger partial charge in [0.25, 0.3) is 0 Å². The van der Waals surface area contributed by atoms with Crippen molar-refractivity contribution >= 4 is 17.7 Å². The summed E-state index contributed by atoms with van der Waals surface area (Å²) in [6.07, 6.45) is 0.471. The van der Waals surface area contributed by atoms with Gasteiger partial charge in [0.1, 0.15) is 6.10 Å². The van der Waals surface area contributed by atoms with Crippen LogP contribution in [-0.2, 0) is 27.2 Å². The molecule has 0 fully saturated rings. The van der Waals surface area contributed by atoms with E-state index in [9.17, 15) is 4.79 Å². The third-order valence-corrected chi connectivity index (χ3v) is 1.15. The molecule has 0 aromatic heterocycles. The molecule has 0 amide bonds. The van der Waals surface area contributed by atoms with Crippen molar-refractivity contribution in [1.29, 1.82) is 0 Å². The van der Waals surface area contributed by atoms with Crippen LogP contribution in [0.4, 0.5) is 0 Å². The fourth-order valence-electron chi connectivity index (χ4n) is 0.397. The SMILES string of the molecule is CCCC(O)C(=O)S.[Ag]. The van der Waals surface area contributed by atoms with E-state index >= 15 is 0 Å². The van der Waals surface area contributed by atoms with Crippen LogP contribution in [0.2, 0.25) is 0 Å². The number of aliphatic hydroxyl groups is 1. The minimum absolute atomic E-state index is 0. The van der Waals surface area contributed by atoms with Crippen molar-refractivity contribution < 1.29 is 32.3 Å². The monoisotopic (exact) mass is 241 g/mol. The van der Waals surface area contributed by atoms with Crippen LogP contribution in [0.25, 0.3) is 0 Å². The second-order valence-corrected chi connectivity index (χ2v) is 2.08. The van der Waals surface area contributed by atoms with E-state index in [0.29, 0.717) is 6.42 Å². The average molecular weight is 242 g/mol. The van der Waals surface area contributed by atoms with E-state index in [0.717, 1.165) is 6.42 Å². The molecule has 0 rings (SSSR count). The molecule has 0 spiro atoms. The normalized spacial score (nSPS) is 11.9. The van der Waals surface area contributed by atoms with Crippen LogP contribution in [0.1, 0.15) is 19.8 Å². The van der Waals surface area contributed by atoms with Crippen molar-refractivity contribution in [2.45, 2.75) is 25.9 Å². The van der Waals surface area contributed by atoms with Gasteiger partial charge in [0.2, 0.25) is 5.12 Å². The van der Waals surface area contributed by atoms with E-state index in [1.54, 1.807) is 0 Å². The van der Waals surface area contributed by atoms with Gasteiger partial charge in [0.15, 0.2) is 0 Å². The Morgan fingerprint density at radius 3 is 2.33 bits per heavy atom. The molecule has 0 bridgehead atoms. The molecule has 0 aliphatic rings. The second-order valence-electron chi connectivity index (χ2n) is 1.64. The standard InChI is InChI=1S/C5H10O2S.Ag/c1-2-3-4(6)5(7)8;/h4,6H,2-3H2,1H3,(H,7,8);. The van der Waals surface area contributed by atoms with Crippen molar-refractivity contribution in [3.05, 3.63) is 0 Å². The molecule has 1 atom stereocenters. The van der Waals surface area contributed by atoms with Gasteiger partial charge in [-0.25, -0.2) is 0 Å². The van der Waals surface area contributed by atoms with Crippen LogP contribution in [0.15, 0.2) is 0 Å². The van der Waals surface area contributed by atoms with E-state index in [-0.39, 0.29) is 22.4 Å². The minimum Gasteiger partial charge on any atom is -0.384 e. The number of carbonyl (C=O) groups is 1. The molecule has 0 aromatic carbocycles. The molecule has 59 valence electrons. The van der Waals surface area contributed by atoms with Crippen LogP contribution >= 0.6 is 12.6 Å². The Labute approximate surface area is 75.9 Å². The molecule has 1 N–H and O–H groups in total. The zero-order valence-corrected chi connectivity index (χ0v) is 7.47. The zero-order valence-electron chi connectivity index (χ0n) is 5.10. The Morgan fingerprint density at radius 2 is 2.22 bits per heavy atom. The van der Waals surface area contributed by atoms with Crippen molar-refractivity contribution in [2.75, 3.05) is 0 Å². The van der Waals surface area contributed by atoms with E-state index in [2.05, 4.69) is 12.6 Å². The number of rotatable bonds is 3. The van der Waals surface area contributed by atoms with Gasteiger partial charge in [0, 0.05) is 22.4 Å². The third-order valence-electron chi connectivity index (χ3n) is 0.847. The fourth-order valence-corrected chi connectivity index (χ4v) is 0.526. The van der Waals surface area contributed by atoms with Gasteiger partial charge in [0.05, 0.1) is 0 Å². The van der Waals surface area contributed by atoms with Crippen LogP contribution in [-0.4, -0.2) is 16.3 Å². The minimum atomic E-state index is -0.858. The number of hydrogen-bond acceptors (Lipinski definition) is 2. The molecule has 0 aromatic rings. The molecule has 9 heavy (non-hydrogen) atoms. The summed E-state index contributed by atoms with van der Waals surface area (Å²) in [5.74, 6) is 0. The van der Waals surface area contributed by atoms with Gasteiger partial charge < -0.3 is 5.11 Å². The maximum absolute atomic E-state index is 10.1. The Hall–Kier alpha value is 0.720. The summed E-state index contributed by atoms with van der Waals surface area (Å²) in [7, 11) is 0. The summed E-state index contributed by atoms with van der Waals surface area (Å²) in [5, 5.41) is 8.26. The largest absolute Gasteiger partial charge is 0.384 e. The van der Waals surface area contributed by atoms with Gasteiger partial charge in [-0.2, -0.15) is 0 Å². The maximum atomic E-state index is 10.1. The summed E-state index contributed by atoms with van der Waals surface area (Å²) >= 11 is 3.44. The first-order valence-electron chi connectivity index (χ1n) is 2.59. The van der Waals surface area contributed by atoms with Crippen molar-refractivity contribution in [2.24, 2.45) is 0 Å². The first-order valence-corrected chi connectivity index (χ1v) is 3.04. The number of aliphatic hydroxyl groups excluding tert-OH is 1. The molecular weight excluding hydrogens is 232 g/mol. The molecule has 0 aliphatic carbocycles. The first-order chi connectivity index (χ1) is 3.68. The maximum Gasteiger partial charge on any atom is 0.214 e. The summed E-state index contributed by atoms with van der Waals surface area (Å²) in [4.78, 5) is 10.1. The van der Waals surface area contributed by atoms with Gasteiger partial charge in [-0.3, -0.25) is 4.79 Å². The Morgan fingerprint density at radius 1 is 1.78 bits per heavy atom. The molecule has 1 unspecified atom stereocenters. The molecule has 0 heterocycles. The molecule has 0 aliphatic heterocycles. The van der Waals surface area contributed by atoms with Gasteiger partial charge in [-0.05, 0) is 6.42 Å². The van der Waals surface area contributed by atoms with Crippen LogP contribution in [0.3, 0.4) is 0 Å². The van der Waals surface area contributed by atoms with Crippen LogP contribution < -0.4 is 0 Å². The number of carbonyl (C=O) groups excluding carboxylic acids is 1. The summed E-state index contributed by atoms with van der Waals surface area (Å²) in [6.45, 7) is 1.90. The Kier molecular flexibility index (Phi) is 9.42. The number of thiol groups is 1. The molecule has 4 heteroatoms. The molecular formula is C5H10AgO2S. The predicted octanol–water partition coefficient (Wildman–Crippen LogP) is 0.601. The molecule has 2 nitrogen and oxygen atoms in total. The molecule has 0 saturated carbocycles. The van der Waals surface area contributed by atoms with E-state index < -0.39 is 11.2 Å². The first kappa shape index (κ1) is 12.4. The second kappa shape index (κ2) is 6.83. The average Bonchev–Trinajstić information content (AvgIpc) is 1.67. The van der Waals surface area contributed by atoms with Crippen LogP contribution in [0, 0.1) is 0 Å². The summed E-state index contributed by atoms with van der Waals surface area (Å²) < 4.78 is 0. The predicted molar refractivity (Wildman–Crippen MR) is 34.9 cm³/mol. The van der Waals surface area contributed by atoms with Gasteiger partial charge in [-0.15, -0.1) is 12.6 Å². The number of hydrogen-bond donors (Lipinski definition) is 2. The molecule has 1 radical (unpaired) electrons. The van der Waals surface area contributed by atoms with E-state index in [4.69, 9.17) is 5.11 Å². The third kappa shape index (κ3) is 6.61. The smallest absolute Gasteiger partial charge is 0.214 e. The van der Waals surface area contributed by atoms with Gasteiger partial charge >= 0.3 is 0 Å². The van der Waals surface area contributed by atoms with Crippen molar-refractivity contribution in [3.63, 3.8) is 0 Å². The van der Waals surface area contributed by atoms with Crippen molar-refractivity contribution in [1.82, 2.24) is 0 Å². The summed E-state index contributed by atoms with van der Waals surface area (Å²) in [6, 6.07) is 0. The summed E-state index contributed by atoms with van der Waals surface area (Å²) in [5.41, 5.74) is 0. The molecule has 0 saturated heterocycles. The fraction of sp³-hybridized carbons (Fsp3) is 0.800. The topological polar surface area (TPSA) is 37.3 Å². The van der Waals surface area contributed by atoms with Crippen LogP contribution in [0.5, 0.6) is 0 Å².